The van der Waals surface area contributed by atoms with Gasteiger partial charge < -0.3 is 5.11 Å². The highest BCUT2D eigenvalue weighted by atomic mass is 16.3. The molecule has 320 valence electrons. The molecule has 63 heavy (non-hydrogen) atoms. The Morgan fingerprint density at radius 1 is 0.524 bits per heavy atom. The summed E-state index contributed by atoms with van der Waals surface area (Å²) in [6.45, 7) is 28.3. The van der Waals surface area contributed by atoms with Gasteiger partial charge in [0.2, 0.25) is 0 Å². The Labute approximate surface area is 380 Å². The molecular weight excluding hydrogens is 767 g/mol. The van der Waals surface area contributed by atoms with Crippen LogP contribution >= 0.6 is 0 Å². The first kappa shape index (κ1) is 39.6. The summed E-state index contributed by atoms with van der Waals surface area (Å²) < 4.78 is 29.6. The van der Waals surface area contributed by atoms with Gasteiger partial charge in [-0.2, -0.15) is 0 Å². The quantitative estimate of drug-likeness (QED) is 0.182. The maximum absolute atomic E-state index is 12.5. The van der Waals surface area contributed by atoms with Crippen molar-refractivity contribution in [3.63, 3.8) is 0 Å². The molecular formula is C59H63N3O. The number of imidazole rings is 1. The molecule has 0 saturated heterocycles. The van der Waals surface area contributed by atoms with Crippen LogP contribution in [0, 0.1) is 6.92 Å². The number of para-hydroxylation sites is 1. The minimum Gasteiger partial charge on any atom is -0.507 e. The molecule has 0 unspecified atom stereocenters. The van der Waals surface area contributed by atoms with Gasteiger partial charge in [0.1, 0.15) is 11.6 Å². The molecule has 8 aromatic rings. The van der Waals surface area contributed by atoms with Crippen molar-refractivity contribution in [2.45, 2.75) is 112 Å². The van der Waals surface area contributed by atoms with E-state index in [0.717, 1.165) is 72.4 Å². The van der Waals surface area contributed by atoms with Crippen LogP contribution in [0.25, 0.3) is 72.7 Å². The molecule has 1 N–H and O–H groups in total. The molecule has 0 atom stereocenters. The van der Waals surface area contributed by atoms with E-state index < -0.39 is 0 Å². The Balaban J connectivity index is 1.47. The van der Waals surface area contributed by atoms with Gasteiger partial charge in [-0.15, -0.1) is 0 Å². The van der Waals surface area contributed by atoms with Crippen molar-refractivity contribution in [2.24, 2.45) is 0 Å². The number of nitrogens with zero attached hydrogens (tertiary/aromatic N) is 3. The number of aromatic nitrogens is 3. The van der Waals surface area contributed by atoms with E-state index in [1.165, 1.54) is 0 Å². The third kappa shape index (κ3) is 8.61. The van der Waals surface area contributed by atoms with Crippen LogP contribution in [0.4, 0.5) is 0 Å². The van der Waals surface area contributed by atoms with Gasteiger partial charge in [-0.05, 0) is 122 Å². The van der Waals surface area contributed by atoms with E-state index in [2.05, 4.69) is 184 Å². The summed E-state index contributed by atoms with van der Waals surface area (Å²) in [7, 11) is 0. The summed E-state index contributed by atoms with van der Waals surface area (Å²) >= 11 is 0. The lowest BCUT2D eigenvalue weighted by Crippen LogP contribution is -2.18. The predicted octanol–water partition coefficient (Wildman–Crippen LogP) is 16.0. The van der Waals surface area contributed by atoms with Crippen molar-refractivity contribution in [1.82, 2.24) is 14.5 Å². The first-order chi connectivity index (χ1) is 30.8. The number of hydrogen-bond donors (Lipinski definition) is 1. The molecule has 2 aromatic heterocycles. The minimum atomic E-state index is -0.360. The Kier molecular flexibility index (Phi) is 9.94. The van der Waals surface area contributed by atoms with Gasteiger partial charge in [-0.3, -0.25) is 9.55 Å². The van der Waals surface area contributed by atoms with Crippen LogP contribution in [-0.2, 0) is 21.7 Å². The second-order valence-electron chi connectivity index (χ2n) is 21.3. The molecule has 6 aromatic carbocycles. The standard InChI is InChI=1S/C59H63N3O/c1-37-19-17-22-39(29-37)41-27-28-60-50(34-41)43-30-42(31-44(32-43)56(2,3)4)46-23-18-24-52-53(46)61-55(47-35-45(57(5,6)7)36-49(54(47)63)59(11,12)13)62(52)51-26-25-40(33-48(51)58(8,9)10)38-20-15-14-16-21-38/h14-36,63H,1-13H3/i27D,28D,34D. The largest absolute Gasteiger partial charge is 0.507 e. The summed E-state index contributed by atoms with van der Waals surface area (Å²) in [6, 6.07) is 41.9. The highest BCUT2D eigenvalue weighted by molar-refractivity contribution is 5.97. The van der Waals surface area contributed by atoms with Gasteiger partial charge in [0, 0.05) is 22.9 Å². The lowest BCUT2D eigenvalue weighted by molar-refractivity contribution is 0.446. The predicted molar refractivity (Wildman–Crippen MR) is 267 cm³/mol. The zero-order valence-electron chi connectivity index (χ0n) is 42.3. The van der Waals surface area contributed by atoms with E-state index in [1.54, 1.807) is 0 Å². The number of aryl methyl sites for hydroxylation is 1. The van der Waals surface area contributed by atoms with Crippen LogP contribution < -0.4 is 0 Å². The monoisotopic (exact) mass is 833 g/mol. The first-order valence-electron chi connectivity index (χ1n) is 23.6. The van der Waals surface area contributed by atoms with Crippen molar-refractivity contribution in [3.8, 4) is 67.5 Å². The molecule has 0 aliphatic carbocycles. The first-order valence-corrected chi connectivity index (χ1v) is 22.1. The second kappa shape index (κ2) is 15.8. The van der Waals surface area contributed by atoms with Crippen LogP contribution in [-0.4, -0.2) is 19.6 Å². The SMILES string of the molecule is [2H]c1nc(-c2cc(-c3cccc4c3nc(-c3cc(C(C)(C)C)cc(C(C)(C)C)c3O)n4-c3ccc(-c4ccccc4)cc3C(C)(C)C)cc(C(C)(C)C)c2)c([2H])c(-c2cccc(C)c2)c1[2H]. The molecule has 0 aliphatic heterocycles. The topological polar surface area (TPSA) is 50.9 Å². The molecule has 0 bridgehead atoms. The van der Waals surface area contributed by atoms with Crippen molar-refractivity contribution in [2.75, 3.05) is 0 Å². The summed E-state index contributed by atoms with van der Waals surface area (Å²) in [5.41, 5.74) is 13.5. The number of phenolic OH excluding ortho intramolecular Hbond substituents is 1. The van der Waals surface area contributed by atoms with E-state index in [-0.39, 0.29) is 45.7 Å². The minimum absolute atomic E-state index is 0.0655. The van der Waals surface area contributed by atoms with Gasteiger partial charge in [-0.1, -0.05) is 174 Å². The molecule has 8 rings (SSSR count). The summed E-state index contributed by atoms with van der Waals surface area (Å²) in [5.74, 6) is 0.853. The summed E-state index contributed by atoms with van der Waals surface area (Å²) in [6.07, 6.45) is -0.175. The Morgan fingerprint density at radius 3 is 1.83 bits per heavy atom. The molecule has 2 heterocycles. The number of phenols is 1. The van der Waals surface area contributed by atoms with E-state index in [4.69, 9.17) is 7.73 Å². The molecule has 4 nitrogen and oxygen atoms in total. The van der Waals surface area contributed by atoms with E-state index >= 15 is 0 Å². The fourth-order valence-corrected chi connectivity index (χ4v) is 8.46. The van der Waals surface area contributed by atoms with Crippen molar-refractivity contribution in [3.05, 3.63) is 167 Å². The van der Waals surface area contributed by atoms with Crippen LogP contribution in [0.2, 0.25) is 0 Å². The fraction of sp³-hybridized carbons (Fsp3) is 0.288. The van der Waals surface area contributed by atoms with Crippen LogP contribution in [0.5, 0.6) is 5.75 Å². The number of pyridine rings is 1. The summed E-state index contributed by atoms with van der Waals surface area (Å²) in [4.78, 5) is 10.3. The van der Waals surface area contributed by atoms with Gasteiger partial charge in [0.25, 0.3) is 0 Å². The van der Waals surface area contributed by atoms with E-state index in [9.17, 15) is 6.48 Å². The zero-order chi connectivity index (χ0) is 47.8. The average molecular weight is 833 g/mol. The maximum Gasteiger partial charge on any atom is 0.149 e. The molecule has 4 heteroatoms. The van der Waals surface area contributed by atoms with Gasteiger partial charge in [-0.25, -0.2) is 4.98 Å². The third-order valence-electron chi connectivity index (χ3n) is 12.1. The maximum atomic E-state index is 12.5. The number of aromatic hydroxyl groups is 1. The molecule has 0 aliphatic rings. The molecule has 0 amide bonds. The van der Waals surface area contributed by atoms with Crippen molar-refractivity contribution in [1.29, 1.82) is 0 Å². The smallest absolute Gasteiger partial charge is 0.149 e. The second-order valence-corrected chi connectivity index (χ2v) is 21.3. The van der Waals surface area contributed by atoms with E-state index in [1.807, 2.05) is 37.3 Å². The number of fused-ring (bicyclic) bond motifs is 1. The number of hydrogen-bond acceptors (Lipinski definition) is 3. The molecule has 0 saturated carbocycles. The Morgan fingerprint density at radius 2 is 1.16 bits per heavy atom. The zero-order valence-corrected chi connectivity index (χ0v) is 39.3. The van der Waals surface area contributed by atoms with Crippen LogP contribution in [0.1, 0.15) is 115 Å². The van der Waals surface area contributed by atoms with Crippen LogP contribution in [0.3, 0.4) is 0 Å². The van der Waals surface area contributed by atoms with Gasteiger partial charge in [0.05, 0.1) is 32.1 Å². The number of benzene rings is 6. The molecule has 0 spiro atoms. The summed E-state index contributed by atoms with van der Waals surface area (Å²) in [5, 5.41) is 12.5. The third-order valence-corrected chi connectivity index (χ3v) is 12.1. The fourth-order valence-electron chi connectivity index (χ4n) is 8.46. The highest BCUT2D eigenvalue weighted by Gasteiger charge is 2.31. The average Bonchev–Trinajstić information content (AvgIpc) is 3.63. The van der Waals surface area contributed by atoms with Crippen LogP contribution in [0.15, 0.2) is 140 Å². The molecule has 0 fully saturated rings. The lowest BCUT2D eigenvalue weighted by Gasteiger charge is -2.28. The Hall–Kier alpha value is -6.26. The van der Waals surface area contributed by atoms with Crippen molar-refractivity contribution < 1.29 is 9.22 Å². The highest BCUT2D eigenvalue weighted by Crippen LogP contribution is 2.46. The normalized spacial score (nSPS) is 13.3. The van der Waals surface area contributed by atoms with Crippen molar-refractivity contribution >= 4 is 11.0 Å². The number of rotatable bonds is 6. The van der Waals surface area contributed by atoms with Gasteiger partial charge in [0.15, 0.2) is 0 Å². The van der Waals surface area contributed by atoms with E-state index in [0.29, 0.717) is 28.2 Å². The molecule has 0 radical (unpaired) electrons. The lowest BCUT2D eigenvalue weighted by atomic mass is 9.78. The Bertz CT molecular complexity index is 3170. The van der Waals surface area contributed by atoms with Gasteiger partial charge >= 0.3 is 0 Å².